The van der Waals surface area contributed by atoms with Crippen LogP contribution in [0, 0.1) is 22.7 Å². The molecule has 49 heavy (non-hydrogen) atoms. The Labute approximate surface area is 279 Å². The fourth-order valence-electron chi connectivity index (χ4n) is 6.30. The van der Waals surface area contributed by atoms with Crippen molar-refractivity contribution in [1.82, 2.24) is 44.4 Å². The normalized spacial score (nSPS) is 16.7. The number of aromatic amines is 3. The third-order valence-electron chi connectivity index (χ3n) is 9.30. The van der Waals surface area contributed by atoms with Gasteiger partial charge < -0.3 is 15.3 Å². The van der Waals surface area contributed by atoms with Gasteiger partial charge in [-0.1, -0.05) is 0 Å². The molecule has 6 aromatic rings. The summed E-state index contributed by atoms with van der Waals surface area (Å²) < 4.78 is 55.8. The molecule has 0 unspecified atom stereocenters. The number of alkyl halides is 2. The molecule has 2 fully saturated rings. The fourth-order valence-corrected chi connectivity index (χ4v) is 7.54. The van der Waals surface area contributed by atoms with Gasteiger partial charge in [0.15, 0.2) is 6.67 Å². The van der Waals surface area contributed by atoms with Crippen LogP contribution in [0.2, 0.25) is 0 Å². The van der Waals surface area contributed by atoms with Gasteiger partial charge >= 0.3 is 0 Å². The predicted octanol–water partition coefficient (Wildman–Crippen LogP) is 2.61. The smallest absolute Gasteiger partial charge is 0.246 e. The SMILES string of the molecule is CCS(=O)(=O)N1CC(CF)([n+]2cc(-c3c(C#N)cnc4[nH]ccc34)c[nH]2)C1.N#Cc1cnc2[nH]ccc2c1-c1cnn(C2(CF)CNC2)c1. The van der Waals surface area contributed by atoms with E-state index >= 15 is 0 Å². The number of hydrogen-bond donors (Lipinski definition) is 4. The van der Waals surface area contributed by atoms with Crippen molar-refractivity contribution in [2.75, 3.05) is 45.3 Å². The van der Waals surface area contributed by atoms with Gasteiger partial charge in [-0.2, -0.15) is 25.0 Å². The molecule has 4 N–H and O–H groups in total. The standard InChI is InChI=1S/C17H17FN6O2S.C15H13FN6/c1-2-27(25,26)23-10-17(9-18,11-23)24-8-13(7-22-24)15-12(5-19)6-21-16-14(15)3-4-20-16;16-7-15(8-18-9-15)22-6-11(5-21-22)13-10(3-17)4-20-14-12(13)1-2-19-14/h3-4,6-8H,2,9-11H2,1H3,(H,20,21);1-2,4-6,18H,7-9H2,(H,19,20)/p+1. The average molecular weight is 686 g/mol. The minimum absolute atomic E-state index is 0.00990. The molecule has 17 heteroatoms. The summed E-state index contributed by atoms with van der Waals surface area (Å²) >= 11 is 0. The van der Waals surface area contributed by atoms with Crippen LogP contribution in [0.4, 0.5) is 8.78 Å². The number of rotatable bonds is 8. The zero-order valence-corrected chi connectivity index (χ0v) is 27.1. The Kier molecular flexibility index (Phi) is 7.98. The van der Waals surface area contributed by atoms with Gasteiger partial charge in [0.25, 0.3) is 0 Å². The molecule has 250 valence electrons. The number of aromatic nitrogens is 8. The average Bonchev–Trinajstić information content (AvgIpc) is 3.91. The first kappa shape index (κ1) is 32.1. The van der Waals surface area contributed by atoms with Gasteiger partial charge in [-0.3, -0.25) is 4.68 Å². The first-order valence-corrected chi connectivity index (χ1v) is 17.0. The second-order valence-electron chi connectivity index (χ2n) is 12.2. The molecule has 0 aliphatic carbocycles. The van der Waals surface area contributed by atoms with Gasteiger partial charge in [0, 0.05) is 71.5 Å². The minimum atomic E-state index is -3.34. The Hall–Kier alpha value is -5.49. The van der Waals surface area contributed by atoms with Crippen molar-refractivity contribution in [3.05, 3.63) is 72.8 Å². The van der Waals surface area contributed by atoms with Crippen LogP contribution in [0.5, 0.6) is 0 Å². The maximum Gasteiger partial charge on any atom is 0.246 e. The van der Waals surface area contributed by atoms with E-state index < -0.39 is 34.5 Å². The molecule has 2 aliphatic heterocycles. The van der Waals surface area contributed by atoms with E-state index in [1.807, 2.05) is 18.3 Å². The van der Waals surface area contributed by atoms with E-state index in [1.54, 1.807) is 53.5 Å². The molecule has 0 amide bonds. The number of pyridine rings is 2. The largest absolute Gasteiger partial charge is 0.346 e. The third-order valence-corrected chi connectivity index (χ3v) is 11.1. The van der Waals surface area contributed by atoms with Crippen LogP contribution in [0.25, 0.3) is 44.3 Å². The number of sulfonamides is 1. The van der Waals surface area contributed by atoms with Crippen molar-refractivity contribution < 1.29 is 21.9 Å². The fraction of sp³-hybridized carbons (Fsp3) is 0.312. The van der Waals surface area contributed by atoms with E-state index in [0.717, 1.165) is 21.9 Å². The molecule has 8 rings (SSSR count). The van der Waals surface area contributed by atoms with E-state index in [2.05, 4.69) is 47.6 Å². The highest BCUT2D eigenvalue weighted by molar-refractivity contribution is 7.89. The minimum Gasteiger partial charge on any atom is -0.346 e. The summed E-state index contributed by atoms with van der Waals surface area (Å²) in [5, 5.41) is 30.9. The first-order chi connectivity index (χ1) is 23.7. The van der Waals surface area contributed by atoms with E-state index in [0.29, 0.717) is 46.6 Å². The van der Waals surface area contributed by atoms with Gasteiger partial charge in [0.1, 0.15) is 35.6 Å². The van der Waals surface area contributed by atoms with Crippen molar-refractivity contribution in [1.29, 1.82) is 10.5 Å². The molecular weight excluding hydrogens is 654 g/mol. The number of nitriles is 2. The zero-order valence-electron chi connectivity index (χ0n) is 26.3. The quantitative estimate of drug-likeness (QED) is 0.176. The van der Waals surface area contributed by atoms with Crippen molar-refractivity contribution in [2.24, 2.45) is 0 Å². The summed E-state index contributed by atoms with van der Waals surface area (Å²) in [6, 6.07) is 8.02. The topological polar surface area (TPSA) is 192 Å². The Bertz CT molecular complexity index is 2360. The van der Waals surface area contributed by atoms with E-state index in [9.17, 15) is 27.7 Å². The number of nitrogens with one attached hydrogen (secondary N) is 4. The highest BCUT2D eigenvalue weighted by atomic mass is 32.2. The van der Waals surface area contributed by atoms with Crippen LogP contribution in [-0.4, -0.2) is 92.8 Å². The molecule has 0 atom stereocenters. The van der Waals surface area contributed by atoms with Crippen LogP contribution < -0.4 is 10.00 Å². The van der Waals surface area contributed by atoms with E-state index in [1.165, 1.54) is 10.5 Å². The molecule has 14 nitrogen and oxygen atoms in total. The molecule has 0 radical (unpaired) electrons. The van der Waals surface area contributed by atoms with Gasteiger partial charge in [-0.15, -0.1) is 4.68 Å². The lowest BCUT2D eigenvalue weighted by Gasteiger charge is -2.41. The van der Waals surface area contributed by atoms with Gasteiger partial charge in [0.05, 0.1) is 47.9 Å². The third kappa shape index (κ3) is 5.23. The summed E-state index contributed by atoms with van der Waals surface area (Å²) in [5.41, 5.74) is 3.68. The van der Waals surface area contributed by atoms with Gasteiger partial charge in [-0.25, -0.2) is 27.2 Å². The highest BCUT2D eigenvalue weighted by Crippen LogP contribution is 2.34. The van der Waals surface area contributed by atoms with E-state index in [4.69, 9.17) is 0 Å². The van der Waals surface area contributed by atoms with Gasteiger partial charge in [-0.05, 0) is 19.1 Å². The lowest BCUT2D eigenvalue weighted by molar-refractivity contribution is -0.820. The Morgan fingerprint density at radius 3 is 2.06 bits per heavy atom. The molecule has 0 spiro atoms. The van der Waals surface area contributed by atoms with Crippen molar-refractivity contribution in [3.8, 4) is 34.4 Å². The molecule has 2 aliphatic rings. The predicted molar refractivity (Wildman–Crippen MR) is 175 cm³/mol. The molecule has 8 heterocycles. The Balaban J connectivity index is 0.000000157. The van der Waals surface area contributed by atoms with Crippen LogP contribution in [0.3, 0.4) is 0 Å². The van der Waals surface area contributed by atoms with Crippen LogP contribution in [-0.2, 0) is 21.1 Å². The van der Waals surface area contributed by atoms with Crippen molar-refractivity contribution in [3.63, 3.8) is 0 Å². The summed E-state index contributed by atoms with van der Waals surface area (Å²) in [7, 11) is -3.34. The van der Waals surface area contributed by atoms with Crippen LogP contribution in [0.15, 0.2) is 61.7 Å². The number of fused-ring (bicyclic) bond motifs is 2. The van der Waals surface area contributed by atoms with Crippen molar-refractivity contribution >= 4 is 32.1 Å². The number of nitrogens with zero attached hydrogens (tertiary/aromatic N) is 8. The summed E-state index contributed by atoms with van der Waals surface area (Å²) in [6.07, 6.45) is 13.5. The lowest BCUT2D eigenvalue weighted by atomic mass is 9.94. The second-order valence-corrected chi connectivity index (χ2v) is 14.4. The monoisotopic (exact) mass is 685 g/mol. The van der Waals surface area contributed by atoms with Crippen molar-refractivity contribution in [2.45, 2.75) is 18.0 Å². The molecule has 2 saturated heterocycles. The summed E-state index contributed by atoms with van der Waals surface area (Å²) in [4.78, 5) is 14.5. The number of H-pyrrole nitrogens is 3. The molecule has 0 saturated carbocycles. The maximum atomic E-state index is 13.9. The van der Waals surface area contributed by atoms with Gasteiger partial charge in [0.2, 0.25) is 21.8 Å². The molecule has 0 aromatic carbocycles. The molecule has 0 bridgehead atoms. The Morgan fingerprint density at radius 2 is 1.55 bits per heavy atom. The summed E-state index contributed by atoms with van der Waals surface area (Å²) in [5.74, 6) is -0.00990. The second kappa shape index (κ2) is 12.2. The molecular formula is C32H31F2N12O2S+. The number of hydrogen-bond acceptors (Lipinski definition) is 8. The highest BCUT2D eigenvalue weighted by Gasteiger charge is 2.57. The Morgan fingerprint density at radius 1 is 0.939 bits per heavy atom. The number of halogens is 2. The van der Waals surface area contributed by atoms with Crippen LogP contribution >= 0.6 is 0 Å². The first-order valence-electron chi connectivity index (χ1n) is 15.4. The maximum absolute atomic E-state index is 13.9. The zero-order chi connectivity index (χ0) is 34.4. The summed E-state index contributed by atoms with van der Waals surface area (Å²) in [6.45, 7) is 1.67. The van der Waals surface area contributed by atoms with E-state index in [-0.39, 0.29) is 18.8 Å². The lowest BCUT2D eigenvalue weighted by Crippen LogP contribution is -2.76. The molecule has 6 aromatic heterocycles. The van der Waals surface area contributed by atoms with Crippen LogP contribution in [0.1, 0.15) is 18.1 Å².